The van der Waals surface area contributed by atoms with Crippen molar-refractivity contribution in [3.8, 4) is 5.75 Å². The highest BCUT2D eigenvalue weighted by molar-refractivity contribution is 7.89. The van der Waals surface area contributed by atoms with Crippen molar-refractivity contribution in [1.82, 2.24) is 9.21 Å². The molecule has 0 unspecified atom stereocenters. The summed E-state index contributed by atoms with van der Waals surface area (Å²) < 4.78 is 32.6. The monoisotopic (exact) mass is 459 g/mol. The number of halogens is 2. The normalized spacial score (nSPS) is 15.9. The number of piperazine rings is 1. The average Bonchev–Trinajstić information content (AvgIpc) is 2.71. The predicted octanol–water partition coefficient (Wildman–Crippen LogP) is 3.29. The molecular formula is C18H19Cl2N3O5S. The first-order valence-electron chi connectivity index (χ1n) is 8.83. The molecule has 29 heavy (non-hydrogen) atoms. The molecule has 0 atom stereocenters. The lowest BCUT2D eigenvalue weighted by atomic mass is 10.3. The molecule has 0 N–H and O–H groups in total. The second kappa shape index (κ2) is 9.27. The van der Waals surface area contributed by atoms with Gasteiger partial charge in [0, 0.05) is 49.9 Å². The highest BCUT2D eigenvalue weighted by atomic mass is 35.5. The van der Waals surface area contributed by atoms with E-state index in [-0.39, 0.29) is 18.0 Å². The number of nitrogens with zero attached hydrogens (tertiary/aromatic N) is 3. The first-order chi connectivity index (χ1) is 13.8. The van der Waals surface area contributed by atoms with Gasteiger partial charge < -0.3 is 4.74 Å². The molecular weight excluding hydrogens is 441 g/mol. The van der Waals surface area contributed by atoms with Gasteiger partial charge in [-0.2, -0.15) is 4.31 Å². The SMILES string of the molecule is O=[N+]([O-])c1ccccc1S(=O)(=O)N1CCN(CCOc2cc(Cl)ccc2Cl)CC1. The van der Waals surface area contributed by atoms with Crippen LogP contribution in [0.5, 0.6) is 5.75 Å². The first-order valence-corrected chi connectivity index (χ1v) is 11.0. The molecule has 3 rings (SSSR count). The van der Waals surface area contributed by atoms with Crippen LogP contribution in [0, 0.1) is 10.1 Å². The molecule has 0 spiro atoms. The lowest BCUT2D eigenvalue weighted by molar-refractivity contribution is -0.387. The number of sulfonamides is 1. The van der Waals surface area contributed by atoms with E-state index in [1.807, 2.05) is 0 Å². The Kier molecular flexibility index (Phi) is 6.97. The minimum atomic E-state index is -3.93. The number of ether oxygens (including phenoxy) is 1. The lowest BCUT2D eigenvalue weighted by Crippen LogP contribution is -2.49. The minimum Gasteiger partial charge on any atom is -0.491 e. The van der Waals surface area contributed by atoms with E-state index in [1.165, 1.54) is 28.6 Å². The zero-order chi connectivity index (χ0) is 21.0. The molecule has 156 valence electrons. The summed E-state index contributed by atoms with van der Waals surface area (Å²) in [6, 6.07) is 10.4. The van der Waals surface area contributed by atoms with Crippen LogP contribution in [0.25, 0.3) is 0 Å². The Hall–Kier alpha value is -1.91. The van der Waals surface area contributed by atoms with Crippen LogP contribution in [0.15, 0.2) is 47.4 Å². The van der Waals surface area contributed by atoms with Crippen molar-refractivity contribution >= 4 is 38.9 Å². The van der Waals surface area contributed by atoms with Crippen LogP contribution < -0.4 is 4.74 Å². The zero-order valence-electron chi connectivity index (χ0n) is 15.3. The highest BCUT2D eigenvalue weighted by Crippen LogP contribution is 2.28. The molecule has 0 radical (unpaired) electrons. The topological polar surface area (TPSA) is 93.0 Å². The van der Waals surface area contributed by atoms with Crippen molar-refractivity contribution < 1.29 is 18.1 Å². The van der Waals surface area contributed by atoms with Crippen LogP contribution in [-0.4, -0.2) is 61.9 Å². The number of nitro benzene ring substituents is 1. The quantitative estimate of drug-likeness (QED) is 0.465. The van der Waals surface area contributed by atoms with E-state index in [2.05, 4.69) is 4.90 Å². The second-order valence-electron chi connectivity index (χ2n) is 6.39. The smallest absolute Gasteiger partial charge is 0.289 e. The maximum atomic E-state index is 12.8. The third-order valence-corrected chi connectivity index (χ3v) is 7.06. The summed E-state index contributed by atoms with van der Waals surface area (Å²) in [6.07, 6.45) is 0. The Balaban J connectivity index is 1.56. The summed E-state index contributed by atoms with van der Waals surface area (Å²) in [6.45, 7) is 2.43. The van der Waals surface area contributed by atoms with Crippen molar-refractivity contribution in [2.75, 3.05) is 39.3 Å². The van der Waals surface area contributed by atoms with Gasteiger partial charge in [-0.05, 0) is 18.2 Å². The molecule has 1 fully saturated rings. The maximum Gasteiger partial charge on any atom is 0.289 e. The molecule has 0 bridgehead atoms. The van der Waals surface area contributed by atoms with Gasteiger partial charge in [0.1, 0.15) is 12.4 Å². The van der Waals surface area contributed by atoms with Gasteiger partial charge in [-0.25, -0.2) is 8.42 Å². The van der Waals surface area contributed by atoms with Crippen LogP contribution in [0.4, 0.5) is 5.69 Å². The zero-order valence-corrected chi connectivity index (χ0v) is 17.7. The number of hydrogen-bond acceptors (Lipinski definition) is 6. The molecule has 2 aromatic carbocycles. The van der Waals surface area contributed by atoms with Crippen molar-refractivity contribution in [3.05, 3.63) is 62.6 Å². The summed E-state index contributed by atoms with van der Waals surface area (Å²) in [5.41, 5.74) is -0.415. The predicted molar refractivity (Wildman–Crippen MR) is 110 cm³/mol. The second-order valence-corrected chi connectivity index (χ2v) is 9.14. The molecule has 1 saturated heterocycles. The fourth-order valence-corrected chi connectivity index (χ4v) is 4.94. The van der Waals surface area contributed by atoms with Crippen LogP contribution >= 0.6 is 23.2 Å². The van der Waals surface area contributed by atoms with Gasteiger partial charge in [0.15, 0.2) is 4.90 Å². The van der Waals surface area contributed by atoms with Gasteiger partial charge in [-0.1, -0.05) is 35.3 Å². The Bertz CT molecular complexity index is 995. The maximum absolute atomic E-state index is 12.8. The van der Waals surface area contributed by atoms with Crippen LogP contribution in [0.2, 0.25) is 10.0 Å². The number of para-hydroxylation sites is 1. The van der Waals surface area contributed by atoms with Gasteiger partial charge in [-0.15, -0.1) is 0 Å². The fraction of sp³-hybridized carbons (Fsp3) is 0.333. The Morgan fingerprint density at radius 2 is 1.76 bits per heavy atom. The Morgan fingerprint density at radius 3 is 2.45 bits per heavy atom. The third kappa shape index (κ3) is 5.18. The van der Waals surface area contributed by atoms with Crippen molar-refractivity contribution in [2.24, 2.45) is 0 Å². The summed E-state index contributed by atoms with van der Waals surface area (Å²) in [4.78, 5) is 12.3. The van der Waals surface area contributed by atoms with E-state index in [4.69, 9.17) is 27.9 Å². The largest absolute Gasteiger partial charge is 0.491 e. The molecule has 1 aliphatic heterocycles. The lowest BCUT2D eigenvalue weighted by Gasteiger charge is -2.33. The van der Waals surface area contributed by atoms with E-state index >= 15 is 0 Å². The molecule has 0 aliphatic carbocycles. The standard InChI is InChI=1S/C18H19Cl2N3O5S/c19-14-5-6-15(20)17(13-14)28-12-11-21-7-9-22(10-8-21)29(26,27)18-4-2-1-3-16(18)23(24)25/h1-6,13H,7-12H2. The average molecular weight is 460 g/mol. The minimum absolute atomic E-state index is 0.242. The summed E-state index contributed by atoms with van der Waals surface area (Å²) in [5.74, 6) is 0.497. The highest BCUT2D eigenvalue weighted by Gasteiger charge is 2.33. The van der Waals surface area contributed by atoms with Gasteiger partial charge >= 0.3 is 0 Å². The van der Waals surface area contributed by atoms with Gasteiger partial charge in [0.25, 0.3) is 5.69 Å². The molecule has 11 heteroatoms. The number of benzene rings is 2. The molecule has 8 nitrogen and oxygen atoms in total. The molecule has 1 heterocycles. The fourth-order valence-electron chi connectivity index (χ4n) is 3.03. The van der Waals surface area contributed by atoms with Crippen LogP contribution in [-0.2, 0) is 10.0 Å². The molecule has 1 aliphatic rings. The van der Waals surface area contributed by atoms with E-state index in [0.717, 1.165) is 0 Å². The Morgan fingerprint density at radius 1 is 1.07 bits per heavy atom. The molecule has 0 aromatic heterocycles. The first kappa shape index (κ1) is 21.8. The van der Waals surface area contributed by atoms with E-state index in [1.54, 1.807) is 18.2 Å². The van der Waals surface area contributed by atoms with Crippen molar-refractivity contribution in [2.45, 2.75) is 4.90 Å². The van der Waals surface area contributed by atoms with E-state index < -0.39 is 20.6 Å². The van der Waals surface area contributed by atoms with Gasteiger partial charge in [0.2, 0.25) is 10.0 Å². The number of rotatable bonds is 7. The summed E-state index contributed by atoms with van der Waals surface area (Å²) in [5, 5.41) is 12.2. The third-order valence-electron chi connectivity index (χ3n) is 4.57. The van der Waals surface area contributed by atoms with Crippen molar-refractivity contribution in [1.29, 1.82) is 0 Å². The van der Waals surface area contributed by atoms with E-state index in [0.29, 0.717) is 42.0 Å². The molecule has 0 saturated carbocycles. The van der Waals surface area contributed by atoms with Gasteiger partial charge in [0.05, 0.1) is 9.95 Å². The number of nitro groups is 1. The molecule has 0 amide bonds. The van der Waals surface area contributed by atoms with Crippen LogP contribution in [0.1, 0.15) is 0 Å². The van der Waals surface area contributed by atoms with E-state index in [9.17, 15) is 18.5 Å². The Labute approximate surface area is 178 Å². The summed E-state index contributed by atoms with van der Waals surface area (Å²) >= 11 is 12.0. The van der Waals surface area contributed by atoms with Gasteiger partial charge in [-0.3, -0.25) is 15.0 Å². The van der Waals surface area contributed by atoms with Crippen molar-refractivity contribution in [3.63, 3.8) is 0 Å². The van der Waals surface area contributed by atoms with Crippen LogP contribution in [0.3, 0.4) is 0 Å². The number of hydrogen-bond donors (Lipinski definition) is 0. The summed E-state index contributed by atoms with van der Waals surface area (Å²) in [7, 11) is -3.93. The molecule has 2 aromatic rings.